The van der Waals surface area contributed by atoms with Crippen molar-refractivity contribution in [3.05, 3.63) is 0 Å². The first kappa shape index (κ1) is 13.0. The molecule has 5 heteroatoms. The molecule has 1 aliphatic rings. The minimum Gasteiger partial charge on any atom is -0.343 e. The number of amides is 2. The van der Waals surface area contributed by atoms with Crippen LogP contribution in [-0.4, -0.2) is 53.8 Å². The third kappa shape index (κ3) is 2.95. The van der Waals surface area contributed by atoms with Gasteiger partial charge in [-0.2, -0.15) is 0 Å². The van der Waals surface area contributed by atoms with Crippen LogP contribution in [0.2, 0.25) is 0 Å². The monoisotopic (exact) mass is 227 g/mol. The van der Waals surface area contributed by atoms with Gasteiger partial charge in [-0.05, 0) is 19.8 Å². The van der Waals surface area contributed by atoms with Crippen LogP contribution in [0.1, 0.15) is 26.7 Å². The van der Waals surface area contributed by atoms with Crippen LogP contribution >= 0.6 is 0 Å². The van der Waals surface area contributed by atoms with E-state index in [4.69, 9.17) is 5.73 Å². The van der Waals surface area contributed by atoms with E-state index in [2.05, 4.69) is 0 Å². The lowest BCUT2D eigenvalue weighted by molar-refractivity contribution is -0.135. The summed E-state index contributed by atoms with van der Waals surface area (Å²) < 4.78 is 0. The molecule has 2 N–H and O–H groups in total. The van der Waals surface area contributed by atoms with Crippen molar-refractivity contribution in [2.45, 2.75) is 38.8 Å². The van der Waals surface area contributed by atoms with Crippen molar-refractivity contribution < 1.29 is 9.59 Å². The Balaban J connectivity index is 2.45. The summed E-state index contributed by atoms with van der Waals surface area (Å²) in [5.74, 6) is 0.0842. The summed E-state index contributed by atoms with van der Waals surface area (Å²) in [7, 11) is 1.82. The zero-order chi connectivity index (χ0) is 12.3. The number of hydrogen-bond donors (Lipinski definition) is 1. The fourth-order valence-electron chi connectivity index (χ4n) is 2.02. The lowest BCUT2D eigenvalue weighted by atomic mass is 10.0. The number of rotatable bonds is 2. The minimum absolute atomic E-state index is 0.00364. The molecule has 0 aromatic carbocycles. The van der Waals surface area contributed by atoms with Gasteiger partial charge in [0.1, 0.15) is 0 Å². The van der Waals surface area contributed by atoms with Gasteiger partial charge in [0, 0.05) is 33.1 Å². The zero-order valence-electron chi connectivity index (χ0n) is 10.3. The quantitative estimate of drug-likeness (QED) is 0.710. The highest BCUT2D eigenvalue weighted by Gasteiger charge is 2.27. The Morgan fingerprint density at radius 2 is 1.88 bits per heavy atom. The van der Waals surface area contributed by atoms with E-state index >= 15 is 0 Å². The molecule has 1 aliphatic heterocycles. The maximum absolute atomic E-state index is 11.6. The SMILES string of the molecule is CC(=O)N(C)C1CCN(C(=O)[C@H](C)N)CC1. The van der Waals surface area contributed by atoms with Gasteiger partial charge in [-0.25, -0.2) is 0 Å². The molecule has 0 saturated carbocycles. The fraction of sp³-hybridized carbons (Fsp3) is 0.818. The number of carbonyl (C=O) groups excluding carboxylic acids is 2. The summed E-state index contributed by atoms with van der Waals surface area (Å²) in [4.78, 5) is 26.4. The highest BCUT2D eigenvalue weighted by molar-refractivity contribution is 5.81. The van der Waals surface area contributed by atoms with Crippen molar-refractivity contribution in [3.63, 3.8) is 0 Å². The van der Waals surface area contributed by atoms with E-state index in [1.165, 1.54) is 0 Å². The first-order valence-corrected chi connectivity index (χ1v) is 5.71. The third-order valence-electron chi connectivity index (χ3n) is 3.21. The van der Waals surface area contributed by atoms with Crippen molar-refractivity contribution in [2.75, 3.05) is 20.1 Å². The van der Waals surface area contributed by atoms with Crippen molar-refractivity contribution in [2.24, 2.45) is 5.73 Å². The smallest absolute Gasteiger partial charge is 0.239 e. The predicted octanol–water partition coefficient (Wildman–Crippen LogP) is -0.197. The van der Waals surface area contributed by atoms with Gasteiger partial charge in [-0.1, -0.05) is 0 Å². The zero-order valence-corrected chi connectivity index (χ0v) is 10.3. The largest absolute Gasteiger partial charge is 0.343 e. The molecule has 2 amide bonds. The molecule has 0 radical (unpaired) electrons. The van der Waals surface area contributed by atoms with Gasteiger partial charge in [0.05, 0.1) is 6.04 Å². The predicted molar refractivity (Wildman–Crippen MR) is 61.7 cm³/mol. The lowest BCUT2D eigenvalue weighted by Gasteiger charge is -2.37. The molecule has 1 atom stereocenters. The first-order chi connectivity index (χ1) is 7.43. The number of likely N-dealkylation sites (tertiary alicyclic amines) is 1. The van der Waals surface area contributed by atoms with Crippen LogP contribution in [0.15, 0.2) is 0 Å². The van der Waals surface area contributed by atoms with E-state index in [1.807, 2.05) is 7.05 Å². The van der Waals surface area contributed by atoms with Gasteiger partial charge in [-0.3, -0.25) is 9.59 Å². The van der Waals surface area contributed by atoms with Crippen LogP contribution < -0.4 is 5.73 Å². The van der Waals surface area contributed by atoms with Gasteiger partial charge in [0.15, 0.2) is 0 Å². The molecule has 92 valence electrons. The normalized spacial score (nSPS) is 19.4. The molecule has 5 nitrogen and oxygen atoms in total. The van der Waals surface area contributed by atoms with Crippen molar-refractivity contribution in [1.29, 1.82) is 0 Å². The molecule has 0 aromatic heterocycles. The first-order valence-electron chi connectivity index (χ1n) is 5.71. The number of nitrogens with zero attached hydrogens (tertiary/aromatic N) is 2. The Morgan fingerprint density at radius 3 is 2.25 bits per heavy atom. The Hall–Kier alpha value is -1.10. The van der Waals surface area contributed by atoms with Gasteiger partial charge in [0.2, 0.25) is 11.8 Å². The average Bonchev–Trinajstić information content (AvgIpc) is 2.27. The molecule has 1 rings (SSSR count). The molecule has 1 heterocycles. The number of carbonyl (C=O) groups is 2. The lowest BCUT2D eigenvalue weighted by Crippen LogP contribution is -2.50. The summed E-state index contributed by atoms with van der Waals surface area (Å²) in [6.07, 6.45) is 1.68. The molecule has 0 spiro atoms. The molecule has 0 aliphatic carbocycles. The molecule has 0 aromatic rings. The summed E-state index contributed by atoms with van der Waals surface area (Å²) in [6.45, 7) is 4.67. The van der Waals surface area contributed by atoms with Crippen molar-refractivity contribution in [1.82, 2.24) is 9.80 Å². The second kappa shape index (κ2) is 5.30. The minimum atomic E-state index is -0.429. The summed E-state index contributed by atoms with van der Waals surface area (Å²) >= 11 is 0. The second-order valence-electron chi connectivity index (χ2n) is 4.48. The van der Waals surface area contributed by atoms with Gasteiger partial charge < -0.3 is 15.5 Å². The molecular formula is C11H21N3O2. The fourth-order valence-corrected chi connectivity index (χ4v) is 2.02. The highest BCUT2D eigenvalue weighted by atomic mass is 16.2. The van der Waals surface area contributed by atoms with Crippen molar-refractivity contribution in [3.8, 4) is 0 Å². The van der Waals surface area contributed by atoms with Gasteiger partial charge in [-0.15, -0.1) is 0 Å². The molecule has 0 unspecified atom stereocenters. The van der Waals surface area contributed by atoms with E-state index in [1.54, 1.807) is 23.6 Å². The van der Waals surface area contributed by atoms with Crippen LogP contribution in [0.25, 0.3) is 0 Å². The molecule has 1 saturated heterocycles. The average molecular weight is 227 g/mol. The second-order valence-corrected chi connectivity index (χ2v) is 4.48. The van der Waals surface area contributed by atoms with Gasteiger partial charge in [0.25, 0.3) is 0 Å². The van der Waals surface area contributed by atoms with Crippen LogP contribution in [0.3, 0.4) is 0 Å². The third-order valence-corrected chi connectivity index (χ3v) is 3.21. The number of nitrogens with two attached hydrogens (primary N) is 1. The molecule has 16 heavy (non-hydrogen) atoms. The van der Waals surface area contributed by atoms with E-state index in [-0.39, 0.29) is 17.9 Å². The molecular weight excluding hydrogens is 206 g/mol. The summed E-state index contributed by atoms with van der Waals surface area (Å²) in [6, 6.07) is -0.170. The Bertz CT molecular complexity index is 270. The number of hydrogen-bond acceptors (Lipinski definition) is 3. The highest BCUT2D eigenvalue weighted by Crippen LogP contribution is 2.15. The van der Waals surface area contributed by atoms with Gasteiger partial charge >= 0.3 is 0 Å². The number of piperidine rings is 1. The van der Waals surface area contributed by atoms with E-state index in [9.17, 15) is 9.59 Å². The standard InChI is InChI=1S/C11H21N3O2/c1-8(12)11(16)14-6-4-10(5-7-14)13(3)9(2)15/h8,10H,4-7,12H2,1-3H3/t8-/m0/s1. The van der Waals surface area contributed by atoms with Crippen molar-refractivity contribution >= 4 is 11.8 Å². The van der Waals surface area contributed by atoms with Crippen LogP contribution in [-0.2, 0) is 9.59 Å². The van der Waals surface area contributed by atoms with E-state index in [0.717, 1.165) is 12.8 Å². The van der Waals surface area contributed by atoms with Crippen LogP contribution in [0.5, 0.6) is 0 Å². The van der Waals surface area contributed by atoms with E-state index < -0.39 is 6.04 Å². The molecule has 0 bridgehead atoms. The molecule has 1 fully saturated rings. The summed E-state index contributed by atoms with van der Waals surface area (Å²) in [5, 5.41) is 0. The summed E-state index contributed by atoms with van der Waals surface area (Å²) in [5.41, 5.74) is 5.55. The Morgan fingerprint density at radius 1 is 1.38 bits per heavy atom. The van der Waals surface area contributed by atoms with Crippen LogP contribution in [0, 0.1) is 0 Å². The maximum atomic E-state index is 11.6. The Labute approximate surface area is 96.6 Å². The maximum Gasteiger partial charge on any atom is 0.239 e. The van der Waals surface area contributed by atoms with Crippen LogP contribution in [0.4, 0.5) is 0 Å². The Kier molecular flexibility index (Phi) is 4.29. The topological polar surface area (TPSA) is 66.6 Å². The van der Waals surface area contributed by atoms with E-state index in [0.29, 0.717) is 13.1 Å².